The molecule has 0 heterocycles. The monoisotopic (exact) mass is 242 g/mol. The molecule has 1 aromatic rings. The molecule has 6 heteroatoms. The Balaban J connectivity index is 3.33. The predicted molar refractivity (Wildman–Crippen MR) is 52.9 cm³/mol. The van der Waals surface area contributed by atoms with Gasteiger partial charge in [0.2, 0.25) is 0 Å². The summed E-state index contributed by atoms with van der Waals surface area (Å²) in [6.07, 6.45) is 0. The molecule has 0 saturated carbocycles. The Morgan fingerprint density at radius 1 is 1.33 bits per heavy atom. The number of rotatable bonds is 1. The Morgan fingerprint density at radius 3 is 2.33 bits per heavy atom. The summed E-state index contributed by atoms with van der Waals surface area (Å²) in [5, 5.41) is 0.555. The van der Waals surface area contributed by atoms with Crippen LogP contribution >= 0.6 is 23.2 Å². The molecule has 0 aliphatic rings. The second kappa shape index (κ2) is 3.47. The molecule has 0 radical (unpaired) electrons. The highest BCUT2D eigenvalue weighted by Crippen LogP contribution is 2.24. The van der Waals surface area contributed by atoms with E-state index in [0.29, 0.717) is 5.02 Å². The summed E-state index contributed by atoms with van der Waals surface area (Å²) < 4.78 is 19.9. The van der Waals surface area contributed by atoms with E-state index in [2.05, 4.69) is 11.2 Å². The third kappa shape index (κ3) is 2.31. The molecule has 1 atom stereocenters. The molecule has 1 N–H and O–H groups in total. The lowest BCUT2D eigenvalue weighted by Crippen LogP contribution is -1.95. The van der Waals surface area contributed by atoms with Gasteiger partial charge in [-0.3, -0.25) is 0 Å². The van der Waals surface area contributed by atoms with E-state index >= 15 is 0 Å². The zero-order valence-electron chi connectivity index (χ0n) is 5.66. The minimum Gasteiger partial charge on any atom is -0.302 e. The van der Waals surface area contributed by atoms with Gasteiger partial charge in [0.1, 0.15) is 0 Å². The van der Waals surface area contributed by atoms with Gasteiger partial charge in [0.15, 0.2) is 8.77 Å². The Bertz CT molecular complexity index is 400. The molecule has 0 bridgehead atoms. The van der Waals surface area contributed by atoms with Crippen molar-refractivity contribution in [3.8, 4) is 0 Å². The molecule has 2 nitrogen and oxygen atoms in total. The van der Waals surface area contributed by atoms with Crippen LogP contribution in [0.3, 0.4) is 0 Å². The van der Waals surface area contributed by atoms with Crippen LogP contribution in [-0.2, 0) is 20.0 Å². The Labute approximate surface area is 85.0 Å². The highest BCUT2D eigenvalue weighted by molar-refractivity contribution is 8.29. The molecule has 66 valence electrons. The molecule has 0 spiro atoms. The molecule has 0 amide bonds. The minimum absolute atomic E-state index is 0.104. The van der Waals surface area contributed by atoms with E-state index in [9.17, 15) is 4.21 Å². The van der Waals surface area contributed by atoms with Gasteiger partial charge in [-0.1, -0.05) is 23.2 Å². The van der Waals surface area contributed by atoms with Crippen LogP contribution in [0.25, 0.3) is 0 Å². The maximum absolute atomic E-state index is 10.9. The van der Waals surface area contributed by atoms with Crippen molar-refractivity contribution in [1.82, 2.24) is 0 Å². The van der Waals surface area contributed by atoms with Crippen molar-refractivity contribution in [2.45, 2.75) is 4.90 Å². The minimum atomic E-state index is -3.35. The summed E-state index contributed by atoms with van der Waals surface area (Å²) in [6.45, 7) is 0. The first-order valence-corrected chi connectivity index (χ1v) is 6.03. The van der Waals surface area contributed by atoms with Crippen molar-refractivity contribution < 1.29 is 8.76 Å². The van der Waals surface area contributed by atoms with Crippen LogP contribution < -0.4 is 0 Å². The van der Waals surface area contributed by atoms with Crippen molar-refractivity contribution in [2.75, 3.05) is 0 Å². The fraction of sp³-hybridized carbons (Fsp3) is 0. The van der Waals surface area contributed by atoms with E-state index < -0.39 is 8.77 Å². The van der Waals surface area contributed by atoms with Crippen LogP contribution in [0.4, 0.5) is 0 Å². The van der Waals surface area contributed by atoms with E-state index in [-0.39, 0.29) is 9.92 Å². The number of halogens is 2. The van der Waals surface area contributed by atoms with Crippen LogP contribution in [0.1, 0.15) is 0 Å². The first kappa shape index (κ1) is 10.2. The first-order chi connectivity index (χ1) is 5.41. The fourth-order valence-electron chi connectivity index (χ4n) is 0.637. The van der Waals surface area contributed by atoms with Crippen molar-refractivity contribution in [2.24, 2.45) is 0 Å². The van der Waals surface area contributed by atoms with Crippen LogP contribution in [-0.4, -0.2) is 8.76 Å². The van der Waals surface area contributed by atoms with E-state index in [0.717, 1.165) is 0 Å². The number of benzene rings is 1. The Morgan fingerprint density at radius 2 is 1.92 bits per heavy atom. The molecular weight excluding hydrogens is 239 g/mol. The van der Waals surface area contributed by atoms with Gasteiger partial charge in [0.25, 0.3) is 0 Å². The molecule has 0 aromatic heterocycles. The van der Waals surface area contributed by atoms with E-state index in [1.807, 2.05) is 0 Å². The lowest BCUT2D eigenvalue weighted by molar-refractivity contribution is 0.561. The standard InChI is InChI=1S/C6H4Cl2O2S2/c7-5-2-1-4(3-6(5)8)12(9,10)11/h1-3H,(H,9,10,11). The van der Waals surface area contributed by atoms with E-state index in [1.54, 1.807) is 0 Å². The number of hydrogen-bond donors (Lipinski definition) is 1. The maximum atomic E-state index is 10.9. The lowest BCUT2D eigenvalue weighted by atomic mass is 10.4. The smallest absolute Gasteiger partial charge is 0.171 e. The summed E-state index contributed by atoms with van der Waals surface area (Å²) in [5.74, 6) is 0. The molecule has 0 aliphatic carbocycles. The normalized spacial score (nSPS) is 15.6. The van der Waals surface area contributed by atoms with E-state index in [1.165, 1.54) is 18.2 Å². The van der Waals surface area contributed by atoms with Gasteiger partial charge in [0.05, 0.1) is 14.9 Å². The highest BCUT2D eigenvalue weighted by atomic mass is 35.5. The van der Waals surface area contributed by atoms with Crippen LogP contribution in [0.15, 0.2) is 23.1 Å². The van der Waals surface area contributed by atoms with Crippen molar-refractivity contribution in [3.05, 3.63) is 28.2 Å². The van der Waals surface area contributed by atoms with Gasteiger partial charge >= 0.3 is 0 Å². The third-order valence-corrected chi connectivity index (χ3v) is 3.35. The van der Waals surface area contributed by atoms with E-state index in [4.69, 9.17) is 27.8 Å². The predicted octanol–water partition coefficient (Wildman–Crippen LogP) is 2.57. The van der Waals surface area contributed by atoms with Crippen molar-refractivity contribution in [3.63, 3.8) is 0 Å². The van der Waals surface area contributed by atoms with Crippen LogP contribution in [0.5, 0.6) is 0 Å². The molecule has 0 fully saturated rings. The molecule has 12 heavy (non-hydrogen) atoms. The van der Waals surface area contributed by atoms with Crippen molar-refractivity contribution in [1.29, 1.82) is 0 Å². The fourth-order valence-corrected chi connectivity index (χ4v) is 1.82. The van der Waals surface area contributed by atoms with Gasteiger partial charge in [-0.15, -0.1) is 0 Å². The summed E-state index contributed by atoms with van der Waals surface area (Å²) >= 11 is 15.5. The quantitative estimate of drug-likeness (QED) is 0.823. The van der Waals surface area contributed by atoms with Crippen molar-refractivity contribution >= 4 is 43.2 Å². The average molecular weight is 243 g/mol. The molecule has 0 saturated heterocycles. The summed E-state index contributed by atoms with van der Waals surface area (Å²) in [5.41, 5.74) is 0. The molecule has 1 unspecified atom stereocenters. The third-order valence-electron chi connectivity index (χ3n) is 1.19. The Hall–Kier alpha value is 0.130. The SMILES string of the molecule is O=S(O)(=S)c1ccc(Cl)c(Cl)c1. The van der Waals surface area contributed by atoms with Gasteiger partial charge < -0.3 is 4.55 Å². The Kier molecular flexibility index (Phi) is 2.96. The zero-order chi connectivity index (χ0) is 9.35. The molecule has 0 aliphatic heterocycles. The molecule has 1 aromatic carbocycles. The summed E-state index contributed by atoms with van der Waals surface area (Å²) in [4.78, 5) is 0.104. The second-order valence-electron chi connectivity index (χ2n) is 2.05. The zero-order valence-corrected chi connectivity index (χ0v) is 8.80. The van der Waals surface area contributed by atoms with Gasteiger partial charge in [0, 0.05) is 11.2 Å². The average Bonchev–Trinajstić information content (AvgIpc) is 1.92. The largest absolute Gasteiger partial charge is 0.302 e. The molecule has 1 rings (SSSR count). The van der Waals surface area contributed by atoms with Gasteiger partial charge in [-0.2, -0.15) is 0 Å². The topological polar surface area (TPSA) is 37.3 Å². The van der Waals surface area contributed by atoms with Gasteiger partial charge in [-0.25, -0.2) is 4.21 Å². The second-order valence-corrected chi connectivity index (χ2v) is 5.64. The first-order valence-electron chi connectivity index (χ1n) is 2.84. The van der Waals surface area contributed by atoms with Crippen LogP contribution in [0, 0.1) is 0 Å². The summed E-state index contributed by atoms with van der Waals surface area (Å²) in [6, 6.07) is 4.10. The van der Waals surface area contributed by atoms with Gasteiger partial charge in [-0.05, 0) is 18.2 Å². The maximum Gasteiger partial charge on any atom is 0.171 e. The molecular formula is C6H4Cl2O2S2. The van der Waals surface area contributed by atoms with Crippen LogP contribution in [0.2, 0.25) is 10.0 Å². The highest BCUT2D eigenvalue weighted by Gasteiger charge is 2.07. The summed E-state index contributed by atoms with van der Waals surface area (Å²) in [7, 11) is -3.35. The lowest BCUT2D eigenvalue weighted by Gasteiger charge is -2.00. The number of hydrogen-bond acceptors (Lipinski definition) is 2.